The molecule has 1 aromatic heterocycles. The fourth-order valence-corrected chi connectivity index (χ4v) is 1.12. The Morgan fingerprint density at radius 2 is 2.82 bits per heavy atom. The highest BCUT2D eigenvalue weighted by Crippen LogP contribution is 2.15. The number of rotatable bonds is 2. The van der Waals surface area contributed by atoms with Crippen molar-refractivity contribution in [3.05, 3.63) is 11.1 Å². The van der Waals surface area contributed by atoms with Crippen LogP contribution in [0.15, 0.2) is 6.20 Å². The fraction of sp³-hybridized carbons (Fsp3) is 0.167. The molecule has 0 aliphatic heterocycles. The van der Waals surface area contributed by atoms with Crippen LogP contribution in [-0.2, 0) is 4.79 Å². The van der Waals surface area contributed by atoms with E-state index in [1.54, 1.807) is 0 Å². The number of thiazole rings is 1. The Kier molecular flexibility index (Phi) is 1.36. The van der Waals surface area contributed by atoms with E-state index in [2.05, 4.69) is 10.3 Å². The molecule has 1 amide bonds. The van der Waals surface area contributed by atoms with Crippen molar-refractivity contribution in [1.82, 2.24) is 4.98 Å². The zero-order valence-electron chi connectivity index (χ0n) is 8.33. The minimum atomic E-state index is -2.70. The minimum Gasteiger partial charge on any atom is -0.302 e. The number of nitrogens with one attached hydrogen (secondary N) is 1. The van der Waals surface area contributed by atoms with Crippen LogP contribution in [0.3, 0.4) is 0 Å². The Hall–Kier alpha value is -1.23. The van der Waals surface area contributed by atoms with Crippen LogP contribution in [0.25, 0.3) is 0 Å². The number of carbonyl (C=O) groups excluding carboxylic acids is 2. The highest BCUT2D eigenvalue weighted by Gasteiger charge is 2.00. The summed E-state index contributed by atoms with van der Waals surface area (Å²) >= 11 is 0.916. The van der Waals surface area contributed by atoms with Crippen molar-refractivity contribution in [2.45, 2.75) is 6.85 Å². The van der Waals surface area contributed by atoms with Gasteiger partial charge < -0.3 is 5.32 Å². The van der Waals surface area contributed by atoms with Crippen molar-refractivity contribution in [2.24, 2.45) is 0 Å². The molecule has 0 atom stereocenters. The third kappa shape index (κ3) is 2.12. The van der Waals surface area contributed by atoms with Gasteiger partial charge in [-0.05, 0) is 0 Å². The lowest BCUT2D eigenvalue weighted by Gasteiger charge is -1.91. The van der Waals surface area contributed by atoms with E-state index in [9.17, 15) is 9.59 Å². The first-order chi connectivity index (χ1) is 6.43. The van der Waals surface area contributed by atoms with Crippen molar-refractivity contribution < 1.29 is 13.7 Å². The Bertz CT molecular complexity index is 360. The summed E-state index contributed by atoms with van der Waals surface area (Å²) in [5, 5.41) is 2.19. The van der Waals surface area contributed by atoms with Crippen LogP contribution in [0.4, 0.5) is 5.13 Å². The third-order valence-corrected chi connectivity index (χ3v) is 1.70. The number of hydrogen-bond donors (Lipinski definition) is 1. The van der Waals surface area contributed by atoms with E-state index < -0.39 is 12.8 Å². The summed E-state index contributed by atoms with van der Waals surface area (Å²) in [6.07, 6.45) is 1.83. The molecule has 58 valence electrons. The lowest BCUT2D eigenvalue weighted by molar-refractivity contribution is -0.114. The average molecular weight is 173 g/mol. The zero-order valence-corrected chi connectivity index (χ0v) is 6.14. The van der Waals surface area contributed by atoms with Gasteiger partial charge in [0.2, 0.25) is 5.91 Å². The summed E-state index contributed by atoms with van der Waals surface area (Å²) in [6, 6.07) is 0. The lowest BCUT2D eigenvalue weighted by Crippen LogP contribution is -2.04. The SMILES string of the molecule is [2H]C([2H])([2H])C(=O)Nc1ncc(C=O)s1. The summed E-state index contributed by atoms with van der Waals surface area (Å²) < 4.78 is 20.3. The molecule has 0 saturated heterocycles. The van der Waals surface area contributed by atoms with Crippen LogP contribution in [0.2, 0.25) is 0 Å². The Balaban J connectivity index is 2.70. The maximum atomic E-state index is 10.9. The van der Waals surface area contributed by atoms with Crippen molar-refractivity contribution in [1.29, 1.82) is 0 Å². The van der Waals surface area contributed by atoms with Crippen molar-refractivity contribution in [3.63, 3.8) is 0 Å². The molecular formula is C6H6N2O2S. The van der Waals surface area contributed by atoms with Gasteiger partial charge in [0, 0.05) is 11.0 Å². The summed E-state index contributed by atoms with van der Waals surface area (Å²) in [5.74, 6) is -1.11. The maximum absolute atomic E-state index is 10.9. The molecule has 0 aliphatic carbocycles. The molecule has 1 heterocycles. The second kappa shape index (κ2) is 3.25. The van der Waals surface area contributed by atoms with E-state index in [1.165, 1.54) is 6.20 Å². The maximum Gasteiger partial charge on any atom is 0.223 e. The van der Waals surface area contributed by atoms with E-state index in [4.69, 9.17) is 4.11 Å². The van der Waals surface area contributed by atoms with Gasteiger partial charge in [0.25, 0.3) is 0 Å². The van der Waals surface area contributed by atoms with Crippen LogP contribution in [0, 0.1) is 0 Å². The minimum absolute atomic E-state index is 0.105. The van der Waals surface area contributed by atoms with Gasteiger partial charge in [0.1, 0.15) is 0 Å². The van der Waals surface area contributed by atoms with Gasteiger partial charge in [-0.15, -0.1) is 0 Å². The standard InChI is InChI=1S/C6H6N2O2S/c1-4(10)8-6-7-2-5(3-9)11-6/h2-3H,1H3,(H,7,8,10)/i1D3. The normalized spacial score (nSPS) is 14.4. The number of aldehydes is 1. The van der Waals surface area contributed by atoms with Crippen molar-refractivity contribution >= 4 is 28.7 Å². The van der Waals surface area contributed by atoms with Crippen LogP contribution < -0.4 is 5.32 Å². The molecule has 11 heavy (non-hydrogen) atoms. The Labute approximate surface area is 71.5 Å². The van der Waals surface area contributed by atoms with Crippen LogP contribution in [0.1, 0.15) is 20.6 Å². The number of anilines is 1. The first-order valence-electron chi connectivity index (χ1n) is 4.16. The van der Waals surface area contributed by atoms with Crippen molar-refractivity contribution in [2.75, 3.05) is 5.32 Å². The predicted octanol–water partition coefficient (Wildman–Crippen LogP) is 0.914. The molecule has 0 spiro atoms. The third-order valence-electron chi connectivity index (χ3n) is 0.860. The van der Waals surface area contributed by atoms with Gasteiger partial charge in [-0.25, -0.2) is 4.98 Å². The van der Waals surface area contributed by atoms with E-state index in [1.807, 2.05) is 0 Å². The van der Waals surface area contributed by atoms with E-state index in [-0.39, 0.29) is 5.13 Å². The largest absolute Gasteiger partial charge is 0.302 e. The highest BCUT2D eigenvalue weighted by atomic mass is 32.1. The smallest absolute Gasteiger partial charge is 0.223 e. The fourth-order valence-electron chi connectivity index (χ4n) is 0.496. The van der Waals surface area contributed by atoms with Gasteiger partial charge in [-0.2, -0.15) is 0 Å². The van der Waals surface area contributed by atoms with E-state index >= 15 is 0 Å². The quantitative estimate of drug-likeness (QED) is 0.676. The second-order valence-corrected chi connectivity index (χ2v) is 2.70. The second-order valence-electron chi connectivity index (χ2n) is 1.64. The zero-order chi connectivity index (χ0) is 10.8. The molecule has 0 fully saturated rings. The van der Waals surface area contributed by atoms with Gasteiger partial charge in [0.15, 0.2) is 11.4 Å². The molecule has 0 bridgehead atoms. The number of hydrogen-bond acceptors (Lipinski definition) is 4. The van der Waals surface area contributed by atoms with Crippen molar-refractivity contribution in [3.8, 4) is 0 Å². The van der Waals surface area contributed by atoms with Crippen LogP contribution in [0.5, 0.6) is 0 Å². The van der Waals surface area contributed by atoms with Gasteiger partial charge in [-0.1, -0.05) is 11.3 Å². The number of amides is 1. The molecule has 1 aromatic rings. The molecule has 0 radical (unpaired) electrons. The molecule has 0 aromatic carbocycles. The molecule has 0 saturated carbocycles. The number of carbonyl (C=O) groups is 2. The summed E-state index contributed by atoms with van der Waals surface area (Å²) in [4.78, 5) is 25.2. The van der Waals surface area contributed by atoms with E-state index in [0.29, 0.717) is 11.2 Å². The first-order valence-corrected chi connectivity index (χ1v) is 3.47. The summed E-state index contributed by atoms with van der Waals surface area (Å²) in [7, 11) is 0. The summed E-state index contributed by atoms with van der Waals surface area (Å²) in [6.45, 7) is -2.70. The van der Waals surface area contributed by atoms with Gasteiger partial charge >= 0.3 is 0 Å². The predicted molar refractivity (Wildman–Crippen MR) is 41.8 cm³/mol. The Morgan fingerprint density at radius 1 is 2.00 bits per heavy atom. The van der Waals surface area contributed by atoms with Gasteiger partial charge in [0.05, 0.1) is 11.1 Å². The lowest BCUT2D eigenvalue weighted by atomic mass is 10.6. The average Bonchev–Trinajstić information content (AvgIpc) is 2.50. The molecule has 5 heteroatoms. The van der Waals surface area contributed by atoms with Gasteiger partial charge in [-0.3, -0.25) is 9.59 Å². The molecule has 1 rings (SSSR count). The molecule has 0 unspecified atom stereocenters. The summed E-state index contributed by atoms with van der Waals surface area (Å²) in [5.41, 5.74) is 0. The number of nitrogens with zero attached hydrogens (tertiary/aromatic N) is 1. The topological polar surface area (TPSA) is 59.1 Å². The Morgan fingerprint density at radius 3 is 3.36 bits per heavy atom. The highest BCUT2D eigenvalue weighted by molar-refractivity contribution is 7.17. The monoisotopic (exact) mass is 173 g/mol. The number of aromatic nitrogens is 1. The molecule has 0 aliphatic rings. The van der Waals surface area contributed by atoms with Crippen LogP contribution in [-0.4, -0.2) is 17.2 Å². The van der Waals surface area contributed by atoms with E-state index in [0.717, 1.165) is 11.3 Å². The first kappa shape index (κ1) is 4.61. The van der Waals surface area contributed by atoms with Crippen LogP contribution >= 0.6 is 11.3 Å². The molecular weight excluding hydrogens is 164 g/mol. The molecule has 4 nitrogen and oxygen atoms in total. The molecule has 1 N–H and O–H groups in total.